The van der Waals surface area contributed by atoms with E-state index in [0.29, 0.717) is 17.3 Å². The second kappa shape index (κ2) is 6.13. The molecule has 0 saturated carbocycles. The lowest BCUT2D eigenvalue weighted by molar-refractivity contribution is 0.0961. The fraction of sp³-hybridized carbons (Fsp3) is 0.0667. The molecule has 108 valence electrons. The number of benzene rings is 2. The Morgan fingerprint density at radius 1 is 1.00 bits per heavy atom. The Bertz CT molecular complexity index is 702. The van der Waals surface area contributed by atoms with Gasteiger partial charge in [0.1, 0.15) is 11.6 Å². The fourth-order valence-electron chi connectivity index (χ4n) is 1.75. The predicted octanol–water partition coefficient (Wildman–Crippen LogP) is 2.58. The van der Waals surface area contributed by atoms with E-state index < -0.39 is 17.5 Å². The molecular formula is C15H12F2N2O2. The number of hydrogen-bond acceptors (Lipinski definition) is 2. The minimum atomic E-state index is -0.949. The highest BCUT2D eigenvalue weighted by atomic mass is 19.1. The van der Waals surface area contributed by atoms with E-state index in [1.807, 2.05) is 0 Å². The topological polar surface area (TPSA) is 58.2 Å². The van der Waals surface area contributed by atoms with E-state index in [1.165, 1.54) is 13.1 Å². The van der Waals surface area contributed by atoms with Gasteiger partial charge in [0.25, 0.3) is 11.8 Å². The molecule has 2 N–H and O–H groups in total. The normalized spacial score (nSPS) is 10.0. The maximum Gasteiger partial charge on any atom is 0.258 e. The van der Waals surface area contributed by atoms with Gasteiger partial charge in [-0.25, -0.2) is 8.78 Å². The molecule has 2 amide bonds. The van der Waals surface area contributed by atoms with Crippen LogP contribution >= 0.6 is 0 Å². The van der Waals surface area contributed by atoms with Crippen molar-refractivity contribution in [3.8, 4) is 0 Å². The molecule has 0 heterocycles. The first-order valence-corrected chi connectivity index (χ1v) is 6.10. The van der Waals surface area contributed by atoms with Crippen molar-refractivity contribution in [2.45, 2.75) is 0 Å². The van der Waals surface area contributed by atoms with Gasteiger partial charge >= 0.3 is 0 Å². The number of rotatable bonds is 3. The molecule has 0 atom stereocenters. The summed E-state index contributed by atoms with van der Waals surface area (Å²) in [7, 11) is 1.49. The monoisotopic (exact) mass is 290 g/mol. The van der Waals surface area contributed by atoms with Gasteiger partial charge in [-0.05, 0) is 30.3 Å². The van der Waals surface area contributed by atoms with E-state index in [1.54, 1.807) is 18.2 Å². The van der Waals surface area contributed by atoms with Crippen molar-refractivity contribution < 1.29 is 18.4 Å². The molecule has 0 saturated heterocycles. The van der Waals surface area contributed by atoms with Gasteiger partial charge in [0.15, 0.2) is 0 Å². The van der Waals surface area contributed by atoms with Gasteiger partial charge < -0.3 is 10.6 Å². The van der Waals surface area contributed by atoms with Gasteiger partial charge in [0, 0.05) is 24.4 Å². The van der Waals surface area contributed by atoms with Crippen molar-refractivity contribution in [2.24, 2.45) is 0 Å². The van der Waals surface area contributed by atoms with Crippen molar-refractivity contribution >= 4 is 17.5 Å². The third-order valence-electron chi connectivity index (χ3n) is 2.79. The maximum absolute atomic E-state index is 13.5. The minimum Gasteiger partial charge on any atom is -0.355 e. The van der Waals surface area contributed by atoms with E-state index in [4.69, 9.17) is 0 Å². The minimum absolute atomic E-state index is 0.276. The van der Waals surface area contributed by atoms with Gasteiger partial charge in [0.05, 0.1) is 5.56 Å². The molecule has 6 heteroatoms. The third-order valence-corrected chi connectivity index (χ3v) is 2.79. The zero-order chi connectivity index (χ0) is 15.4. The second-order valence-electron chi connectivity index (χ2n) is 4.24. The van der Waals surface area contributed by atoms with Gasteiger partial charge in [-0.3, -0.25) is 9.59 Å². The van der Waals surface area contributed by atoms with Crippen LogP contribution in [0.15, 0.2) is 42.5 Å². The highest BCUT2D eigenvalue weighted by Crippen LogP contribution is 2.15. The summed E-state index contributed by atoms with van der Waals surface area (Å²) in [5.74, 6) is -2.73. The number of halogens is 2. The van der Waals surface area contributed by atoms with Gasteiger partial charge in [0.2, 0.25) is 0 Å². The van der Waals surface area contributed by atoms with Crippen LogP contribution in [0.2, 0.25) is 0 Å². The zero-order valence-electron chi connectivity index (χ0n) is 11.1. The van der Waals surface area contributed by atoms with Crippen LogP contribution in [-0.4, -0.2) is 18.9 Å². The lowest BCUT2D eigenvalue weighted by Gasteiger charge is -2.07. The van der Waals surface area contributed by atoms with E-state index in [-0.39, 0.29) is 11.5 Å². The summed E-state index contributed by atoms with van der Waals surface area (Å²) < 4.78 is 26.3. The first-order chi connectivity index (χ1) is 10.0. The number of hydrogen-bond donors (Lipinski definition) is 2. The Morgan fingerprint density at radius 3 is 2.43 bits per heavy atom. The molecule has 21 heavy (non-hydrogen) atoms. The van der Waals surface area contributed by atoms with Crippen molar-refractivity contribution in [1.29, 1.82) is 0 Å². The maximum atomic E-state index is 13.5. The Balaban J connectivity index is 2.21. The molecule has 0 aromatic heterocycles. The molecule has 0 bridgehead atoms. The van der Waals surface area contributed by atoms with E-state index in [9.17, 15) is 18.4 Å². The van der Waals surface area contributed by atoms with Crippen LogP contribution in [0.25, 0.3) is 0 Å². The largest absolute Gasteiger partial charge is 0.355 e. The number of nitrogens with one attached hydrogen (secondary N) is 2. The van der Waals surface area contributed by atoms with Gasteiger partial charge in [-0.15, -0.1) is 0 Å². The molecule has 2 aromatic rings. The highest BCUT2D eigenvalue weighted by Gasteiger charge is 2.13. The van der Waals surface area contributed by atoms with Gasteiger partial charge in [-0.2, -0.15) is 0 Å². The smallest absolute Gasteiger partial charge is 0.258 e. The van der Waals surface area contributed by atoms with Gasteiger partial charge in [-0.1, -0.05) is 6.07 Å². The Morgan fingerprint density at radius 2 is 1.76 bits per heavy atom. The van der Waals surface area contributed by atoms with E-state index >= 15 is 0 Å². The summed E-state index contributed by atoms with van der Waals surface area (Å²) in [6, 6.07) is 8.87. The molecule has 0 aliphatic carbocycles. The first kappa shape index (κ1) is 14.6. The molecule has 0 fully saturated rings. The van der Waals surface area contributed by atoms with Crippen molar-refractivity contribution in [3.05, 3.63) is 65.2 Å². The molecule has 0 aliphatic heterocycles. The van der Waals surface area contributed by atoms with E-state index in [0.717, 1.165) is 12.1 Å². The average Bonchev–Trinajstić information content (AvgIpc) is 2.46. The van der Waals surface area contributed by atoms with Crippen molar-refractivity contribution in [3.63, 3.8) is 0 Å². The van der Waals surface area contributed by atoms with Crippen molar-refractivity contribution in [2.75, 3.05) is 12.4 Å². The predicted molar refractivity (Wildman–Crippen MR) is 74.1 cm³/mol. The molecule has 2 rings (SSSR count). The number of carbonyl (C=O) groups excluding carboxylic acids is 2. The van der Waals surface area contributed by atoms with Crippen LogP contribution in [0.3, 0.4) is 0 Å². The van der Waals surface area contributed by atoms with Crippen LogP contribution in [0, 0.1) is 11.6 Å². The average molecular weight is 290 g/mol. The van der Waals surface area contributed by atoms with Crippen molar-refractivity contribution in [1.82, 2.24) is 5.32 Å². The molecule has 0 spiro atoms. The van der Waals surface area contributed by atoms with Crippen LogP contribution in [0.1, 0.15) is 20.7 Å². The lowest BCUT2D eigenvalue weighted by Crippen LogP contribution is -2.18. The number of amides is 2. The SMILES string of the molecule is CNC(=O)c1cccc(NC(=O)c2ccc(F)cc2F)c1. The number of carbonyl (C=O) groups is 2. The standard InChI is InChI=1S/C15H12F2N2O2/c1-18-14(20)9-3-2-4-11(7-9)19-15(21)12-6-5-10(16)8-13(12)17/h2-8H,1H3,(H,18,20)(H,19,21). The highest BCUT2D eigenvalue weighted by molar-refractivity contribution is 6.05. The Labute approximate surface area is 119 Å². The summed E-state index contributed by atoms with van der Waals surface area (Å²) in [5, 5.41) is 4.91. The summed E-state index contributed by atoms with van der Waals surface area (Å²) in [6.45, 7) is 0. The molecule has 0 radical (unpaired) electrons. The Hall–Kier alpha value is -2.76. The van der Waals surface area contributed by atoms with E-state index in [2.05, 4.69) is 10.6 Å². The second-order valence-corrected chi connectivity index (χ2v) is 4.24. The quantitative estimate of drug-likeness (QED) is 0.912. The van der Waals surface area contributed by atoms with Crippen LogP contribution in [0.4, 0.5) is 14.5 Å². The van der Waals surface area contributed by atoms with Crippen LogP contribution in [0.5, 0.6) is 0 Å². The molecule has 2 aromatic carbocycles. The summed E-state index contributed by atoms with van der Waals surface area (Å²) >= 11 is 0. The summed E-state index contributed by atoms with van der Waals surface area (Å²) in [4.78, 5) is 23.4. The molecule has 0 unspecified atom stereocenters. The fourth-order valence-corrected chi connectivity index (χ4v) is 1.75. The molecule has 4 nitrogen and oxygen atoms in total. The molecule has 0 aliphatic rings. The van der Waals surface area contributed by atoms with Crippen LogP contribution < -0.4 is 10.6 Å². The molecular weight excluding hydrogens is 278 g/mol. The summed E-state index contributed by atoms with van der Waals surface area (Å²) in [6.07, 6.45) is 0. The van der Waals surface area contributed by atoms with Crippen LogP contribution in [-0.2, 0) is 0 Å². The Kier molecular flexibility index (Phi) is 4.27. The third kappa shape index (κ3) is 3.42. The first-order valence-electron chi connectivity index (χ1n) is 6.10. The lowest BCUT2D eigenvalue weighted by atomic mass is 10.1. The zero-order valence-corrected chi connectivity index (χ0v) is 11.1. The summed E-state index contributed by atoms with van der Waals surface area (Å²) in [5.41, 5.74) is 0.418. The number of anilines is 1.